The van der Waals surface area contributed by atoms with Crippen LogP contribution in [0.25, 0.3) is 5.52 Å². The summed E-state index contributed by atoms with van der Waals surface area (Å²) in [5.74, 6) is 1.91. The van der Waals surface area contributed by atoms with Crippen molar-refractivity contribution < 1.29 is 4.79 Å². The summed E-state index contributed by atoms with van der Waals surface area (Å²) in [5.41, 5.74) is 2.32. The molecule has 0 atom stereocenters. The lowest BCUT2D eigenvalue weighted by atomic mass is 10.2. The highest BCUT2D eigenvalue weighted by atomic mass is 16.2. The van der Waals surface area contributed by atoms with E-state index in [-0.39, 0.29) is 5.91 Å². The third kappa shape index (κ3) is 3.41. The van der Waals surface area contributed by atoms with Crippen molar-refractivity contribution in [1.82, 2.24) is 39.7 Å². The Bertz CT molecular complexity index is 1180. The number of aromatic amines is 1. The number of fused-ring (bicyclic) bond motifs is 1. The van der Waals surface area contributed by atoms with Crippen LogP contribution in [0.2, 0.25) is 0 Å². The predicted octanol–water partition coefficient (Wildman–Crippen LogP) is 1.26. The summed E-state index contributed by atoms with van der Waals surface area (Å²) in [7, 11) is 0. The van der Waals surface area contributed by atoms with Crippen LogP contribution in [0, 0.1) is 6.92 Å². The number of amides is 1. The highest BCUT2D eigenvalue weighted by molar-refractivity contribution is 5.93. The Labute approximate surface area is 171 Å². The lowest BCUT2D eigenvalue weighted by molar-refractivity contribution is 0.0745. The molecule has 0 radical (unpaired) electrons. The van der Waals surface area contributed by atoms with Gasteiger partial charge in [-0.15, -0.1) is 5.10 Å². The molecule has 0 unspecified atom stereocenters. The molecule has 152 valence electrons. The summed E-state index contributed by atoms with van der Waals surface area (Å²) in [6.07, 6.45) is 6.38. The van der Waals surface area contributed by atoms with Gasteiger partial charge in [0.25, 0.3) is 5.91 Å². The van der Waals surface area contributed by atoms with Gasteiger partial charge in [0.2, 0.25) is 5.95 Å². The number of hydrogen-bond donors (Lipinski definition) is 2. The Hall–Kier alpha value is -4.02. The third-order valence-electron chi connectivity index (χ3n) is 4.99. The van der Waals surface area contributed by atoms with E-state index in [4.69, 9.17) is 4.98 Å². The molecule has 1 fully saturated rings. The molecule has 1 aliphatic rings. The topological polar surface area (TPSA) is 120 Å². The molecule has 11 heteroatoms. The van der Waals surface area contributed by atoms with Gasteiger partial charge in [0, 0.05) is 56.5 Å². The van der Waals surface area contributed by atoms with Crippen LogP contribution in [0.4, 0.5) is 17.6 Å². The van der Waals surface area contributed by atoms with E-state index < -0.39 is 0 Å². The van der Waals surface area contributed by atoms with Crippen molar-refractivity contribution in [3.05, 3.63) is 54.4 Å². The standard InChI is InChI=1S/C19H20N10O/c1-13-9-16(25-24-13)22-17-15-3-2-4-29(15)26-19(23-17)28-7-5-27(6-8-28)18(30)14-10-20-12-21-11-14/h2-4,9-12H,5-8H2,1H3,(H2,22,23,24,25,26). The molecule has 0 aromatic carbocycles. The largest absolute Gasteiger partial charge is 0.336 e. The monoisotopic (exact) mass is 404 g/mol. The summed E-state index contributed by atoms with van der Waals surface area (Å²) in [4.78, 5) is 29.1. The molecule has 4 aromatic heterocycles. The quantitative estimate of drug-likeness (QED) is 0.522. The van der Waals surface area contributed by atoms with Crippen LogP contribution in [-0.2, 0) is 0 Å². The number of nitrogens with zero attached hydrogens (tertiary/aromatic N) is 8. The number of aromatic nitrogens is 7. The molecule has 0 aliphatic carbocycles. The Kier molecular flexibility index (Phi) is 4.46. The summed E-state index contributed by atoms with van der Waals surface area (Å²) in [6, 6.07) is 5.79. The second kappa shape index (κ2) is 7.43. The van der Waals surface area contributed by atoms with Crippen LogP contribution in [0.3, 0.4) is 0 Å². The number of nitrogens with one attached hydrogen (secondary N) is 2. The van der Waals surface area contributed by atoms with Crippen molar-refractivity contribution in [2.45, 2.75) is 6.92 Å². The van der Waals surface area contributed by atoms with E-state index in [0.29, 0.717) is 49.3 Å². The Morgan fingerprint density at radius 2 is 1.97 bits per heavy atom. The van der Waals surface area contributed by atoms with E-state index in [1.807, 2.05) is 31.3 Å². The minimum absolute atomic E-state index is 0.0618. The number of anilines is 3. The molecule has 4 aromatic rings. The highest BCUT2D eigenvalue weighted by Crippen LogP contribution is 2.22. The summed E-state index contributed by atoms with van der Waals surface area (Å²) >= 11 is 0. The zero-order valence-corrected chi connectivity index (χ0v) is 16.4. The van der Waals surface area contributed by atoms with Gasteiger partial charge in [-0.1, -0.05) is 0 Å². The average Bonchev–Trinajstić information content (AvgIpc) is 3.43. The summed E-state index contributed by atoms with van der Waals surface area (Å²) in [5, 5.41) is 15.0. The molecule has 0 saturated carbocycles. The zero-order valence-electron chi connectivity index (χ0n) is 16.4. The lowest BCUT2D eigenvalue weighted by Gasteiger charge is -2.34. The minimum Gasteiger partial charge on any atom is -0.336 e. The molecule has 5 rings (SSSR count). The lowest BCUT2D eigenvalue weighted by Crippen LogP contribution is -2.49. The van der Waals surface area contributed by atoms with Crippen molar-refractivity contribution >= 4 is 29.0 Å². The first-order valence-corrected chi connectivity index (χ1v) is 9.61. The van der Waals surface area contributed by atoms with Gasteiger partial charge in [-0.2, -0.15) is 10.1 Å². The van der Waals surface area contributed by atoms with Crippen LogP contribution in [-0.4, -0.2) is 71.7 Å². The first-order chi connectivity index (χ1) is 14.7. The minimum atomic E-state index is -0.0618. The van der Waals surface area contributed by atoms with Crippen LogP contribution >= 0.6 is 0 Å². The molecule has 5 heterocycles. The van der Waals surface area contributed by atoms with Gasteiger partial charge < -0.3 is 15.1 Å². The Morgan fingerprint density at radius 1 is 1.17 bits per heavy atom. The molecule has 1 aliphatic heterocycles. The van der Waals surface area contributed by atoms with Gasteiger partial charge in [0.05, 0.1) is 5.56 Å². The zero-order chi connectivity index (χ0) is 20.5. The SMILES string of the molecule is Cc1cc(Nc2nc(N3CCN(C(=O)c4cncnc4)CC3)nn3cccc23)n[nH]1. The van der Waals surface area contributed by atoms with E-state index in [1.54, 1.807) is 21.8 Å². The second-order valence-electron chi connectivity index (χ2n) is 7.07. The molecule has 30 heavy (non-hydrogen) atoms. The first-order valence-electron chi connectivity index (χ1n) is 9.61. The van der Waals surface area contributed by atoms with E-state index >= 15 is 0 Å². The van der Waals surface area contributed by atoms with Crippen LogP contribution in [0.15, 0.2) is 43.1 Å². The summed E-state index contributed by atoms with van der Waals surface area (Å²) < 4.78 is 1.79. The Balaban J connectivity index is 1.35. The van der Waals surface area contributed by atoms with Crippen molar-refractivity contribution in [1.29, 1.82) is 0 Å². The molecule has 1 saturated heterocycles. The fraction of sp³-hybridized carbons (Fsp3) is 0.263. The number of H-pyrrole nitrogens is 1. The molecule has 2 N–H and O–H groups in total. The van der Waals surface area contributed by atoms with Gasteiger partial charge in [0.15, 0.2) is 11.6 Å². The van der Waals surface area contributed by atoms with E-state index in [2.05, 4.69) is 35.5 Å². The number of carbonyl (C=O) groups is 1. The van der Waals surface area contributed by atoms with Crippen molar-refractivity contribution in [3.8, 4) is 0 Å². The highest BCUT2D eigenvalue weighted by Gasteiger charge is 2.24. The molecule has 1 amide bonds. The van der Waals surface area contributed by atoms with E-state index in [0.717, 1.165) is 11.2 Å². The number of hydrogen-bond acceptors (Lipinski definition) is 8. The maximum absolute atomic E-state index is 12.6. The second-order valence-corrected chi connectivity index (χ2v) is 7.07. The van der Waals surface area contributed by atoms with Crippen molar-refractivity contribution in [3.63, 3.8) is 0 Å². The van der Waals surface area contributed by atoms with Gasteiger partial charge in [-0.25, -0.2) is 14.5 Å². The van der Waals surface area contributed by atoms with Crippen molar-refractivity contribution in [2.75, 3.05) is 36.4 Å². The average molecular weight is 404 g/mol. The molecule has 0 spiro atoms. The van der Waals surface area contributed by atoms with Gasteiger partial charge in [-0.05, 0) is 19.1 Å². The molecule has 0 bridgehead atoms. The first kappa shape index (κ1) is 18.0. The van der Waals surface area contributed by atoms with E-state index in [1.165, 1.54) is 6.33 Å². The van der Waals surface area contributed by atoms with E-state index in [9.17, 15) is 4.79 Å². The molecular formula is C19H20N10O. The van der Waals surface area contributed by atoms with Gasteiger partial charge in [-0.3, -0.25) is 9.89 Å². The van der Waals surface area contributed by atoms with Gasteiger partial charge in [0.1, 0.15) is 11.8 Å². The van der Waals surface area contributed by atoms with Crippen LogP contribution in [0.5, 0.6) is 0 Å². The predicted molar refractivity (Wildman–Crippen MR) is 110 cm³/mol. The normalized spacial score (nSPS) is 14.3. The van der Waals surface area contributed by atoms with Crippen LogP contribution < -0.4 is 10.2 Å². The summed E-state index contributed by atoms with van der Waals surface area (Å²) in [6.45, 7) is 4.35. The van der Waals surface area contributed by atoms with Crippen molar-refractivity contribution in [2.24, 2.45) is 0 Å². The fourth-order valence-electron chi connectivity index (χ4n) is 3.45. The fourth-order valence-corrected chi connectivity index (χ4v) is 3.45. The molecule has 11 nitrogen and oxygen atoms in total. The number of aryl methyl sites for hydroxylation is 1. The maximum atomic E-state index is 12.6. The number of rotatable bonds is 4. The van der Waals surface area contributed by atoms with Crippen LogP contribution in [0.1, 0.15) is 16.1 Å². The smallest absolute Gasteiger partial charge is 0.257 e. The molecular weight excluding hydrogens is 384 g/mol. The Morgan fingerprint density at radius 3 is 2.70 bits per heavy atom. The van der Waals surface area contributed by atoms with Gasteiger partial charge >= 0.3 is 0 Å². The third-order valence-corrected chi connectivity index (χ3v) is 4.99. The number of piperazine rings is 1. The maximum Gasteiger partial charge on any atom is 0.257 e. The number of carbonyl (C=O) groups excluding carboxylic acids is 1.